The van der Waals surface area contributed by atoms with Crippen LogP contribution in [0.25, 0.3) is 0 Å². The molecule has 0 aromatic carbocycles. The molecule has 0 aliphatic heterocycles. The molecule has 1 atom stereocenters. The number of hydrogen-bond acceptors (Lipinski definition) is 4. The number of ether oxygens (including phenoxy) is 1. The van der Waals surface area contributed by atoms with Gasteiger partial charge in [0.25, 0.3) is 0 Å². The third kappa shape index (κ3) is 5.85. The molecule has 0 fully saturated rings. The first-order valence-electron chi connectivity index (χ1n) is 3.90. The average Bonchev–Trinajstić information content (AvgIpc) is 1.84. The van der Waals surface area contributed by atoms with Crippen LogP contribution in [0.5, 0.6) is 0 Å². The van der Waals surface area contributed by atoms with Gasteiger partial charge in [0, 0.05) is 0 Å². The maximum atomic E-state index is 11.3. The lowest BCUT2D eigenvalue weighted by molar-refractivity contribution is -0.162. The number of hydrogen-bond donors (Lipinski definition) is 2. The molecule has 5 heteroatoms. The van der Waals surface area contributed by atoms with Crippen LogP contribution in [0.15, 0.2) is 0 Å². The summed E-state index contributed by atoms with van der Waals surface area (Å²) in [6.45, 7) is 6.98. The van der Waals surface area contributed by atoms with Crippen molar-refractivity contribution in [2.45, 2.75) is 39.0 Å². The predicted octanol–water partition coefficient (Wildman–Crippen LogP) is 0.644. The van der Waals surface area contributed by atoms with E-state index in [1.807, 2.05) is 0 Å². The summed E-state index contributed by atoms with van der Waals surface area (Å²) in [5, 5.41) is 2.67. The number of esters is 1. The van der Waals surface area contributed by atoms with Crippen molar-refractivity contribution < 1.29 is 9.53 Å². The molecule has 0 aliphatic rings. The predicted molar refractivity (Wildman–Crippen MR) is 54.7 cm³/mol. The van der Waals surface area contributed by atoms with Gasteiger partial charge in [-0.05, 0) is 34.7 Å². The second-order valence-corrected chi connectivity index (χ2v) is 3.95. The first-order chi connectivity index (χ1) is 5.19. The van der Waals surface area contributed by atoms with Crippen molar-refractivity contribution in [1.29, 1.82) is 0 Å². The van der Waals surface area contributed by atoms with Gasteiger partial charge in [0.1, 0.15) is 5.60 Å². The number of halogens is 1. The van der Waals surface area contributed by atoms with E-state index >= 15 is 0 Å². The Morgan fingerprint density at radius 1 is 1.31 bits per heavy atom. The van der Waals surface area contributed by atoms with Gasteiger partial charge in [-0.25, -0.2) is 4.79 Å². The molecule has 0 aliphatic carbocycles. The highest BCUT2D eigenvalue weighted by Crippen LogP contribution is 2.10. The summed E-state index contributed by atoms with van der Waals surface area (Å²) < 4.78 is 5.07. The maximum absolute atomic E-state index is 11.3. The highest BCUT2D eigenvalue weighted by atomic mass is 35.5. The fourth-order valence-electron chi connectivity index (χ4n) is 0.486. The molecule has 0 saturated carbocycles. The Kier molecular flexibility index (Phi) is 5.59. The zero-order chi connectivity index (χ0) is 9.99. The van der Waals surface area contributed by atoms with Crippen LogP contribution in [0.4, 0.5) is 0 Å². The minimum Gasteiger partial charge on any atom is -0.458 e. The third-order valence-corrected chi connectivity index (χ3v) is 1.34. The van der Waals surface area contributed by atoms with E-state index in [-0.39, 0.29) is 12.4 Å². The zero-order valence-corrected chi connectivity index (χ0v) is 9.62. The molecule has 0 aromatic heterocycles. The van der Waals surface area contributed by atoms with Crippen molar-refractivity contribution in [2.75, 3.05) is 7.05 Å². The van der Waals surface area contributed by atoms with Crippen LogP contribution in [0.1, 0.15) is 27.7 Å². The highest BCUT2D eigenvalue weighted by Gasteiger charge is 2.31. The monoisotopic (exact) mass is 210 g/mol. The molecule has 0 aromatic rings. The first-order valence-corrected chi connectivity index (χ1v) is 3.90. The Hall–Kier alpha value is -0.320. The van der Waals surface area contributed by atoms with Crippen LogP contribution in [-0.4, -0.2) is 24.3 Å². The van der Waals surface area contributed by atoms with E-state index in [1.165, 1.54) is 0 Å². The number of carbonyl (C=O) groups excluding carboxylic acids is 1. The van der Waals surface area contributed by atoms with Gasteiger partial charge in [-0.2, -0.15) is 0 Å². The Morgan fingerprint density at radius 2 is 1.69 bits per heavy atom. The van der Waals surface area contributed by atoms with Gasteiger partial charge in [-0.3, -0.25) is 5.32 Å². The lowest BCUT2D eigenvalue weighted by Crippen LogP contribution is -2.57. The van der Waals surface area contributed by atoms with Crippen molar-refractivity contribution in [1.82, 2.24) is 5.32 Å². The van der Waals surface area contributed by atoms with Crippen molar-refractivity contribution in [3.8, 4) is 0 Å². The van der Waals surface area contributed by atoms with E-state index in [2.05, 4.69) is 5.32 Å². The average molecular weight is 211 g/mol. The summed E-state index contributed by atoms with van der Waals surface area (Å²) >= 11 is 0. The van der Waals surface area contributed by atoms with Gasteiger partial charge in [0.05, 0.1) is 0 Å². The normalized spacial score (nSPS) is 15.5. The molecular formula is C8H19ClN2O2. The molecule has 0 bridgehead atoms. The maximum Gasteiger partial charge on any atom is 0.341 e. The second-order valence-electron chi connectivity index (χ2n) is 3.95. The number of nitrogens with one attached hydrogen (secondary N) is 1. The number of carbonyl (C=O) groups is 1. The van der Waals surface area contributed by atoms with Crippen molar-refractivity contribution in [2.24, 2.45) is 5.73 Å². The summed E-state index contributed by atoms with van der Waals surface area (Å²) in [7, 11) is 1.62. The Morgan fingerprint density at radius 3 is 1.92 bits per heavy atom. The highest BCUT2D eigenvalue weighted by molar-refractivity contribution is 5.85. The fraction of sp³-hybridized carbons (Fsp3) is 0.875. The van der Waals surface area contributed by atoms with Gasteiger partial charge < -0.3 is 10.5 Å². The van der Waals surface area contributed by atoms with Gasteiger partial charge in [-0.1, -0.05) is 0 Å². The minimum absolute atomic E-state index is 0. The molecule has 1 unspecified atom stereocenters. The molecule has 80 valence electrons. The van der Waals surface area contributed by atoms with E-state index in [4.69, 9.17) is 10.5 Å². The summed E-state index contributed by atoms with van der Waals surface area (Å²) in [6, 6.07) is 0. The van der Waals surface area contributed by atoms with E-state index in [1.54, 1.807) is 34.7 Å². The summed E-state index contributed by atoms with van der Waals surface area (Å²) in [5.41, 5.74) is 3.99. The standard InChI is InChI=1S/C8H18N2O2.ClH/c1-7(2,3)12-6(11)8(4,9)10-5;/h10H,9H2,1-5H3;1H. The van der Waals surface area contributed by atoms with Gasteiger partial charge in [0.15, 0.2) is 5.66 Å². The quantitative estimate of drug-likeness (QED) is 0.519. The molecular weight excluding hydrogens is 192 g/mol. The summed E-state index contributed by atoms with van der Waals surface area (Å²) in [4.78, 5) is 11.3. The largest absolute Gasteiger partial charge is 0.458 e. The molecule has 0 saturated heterocycles. The van der Waals surface area contributed by atoms with Crippen molar-refractivity contribution >= 4 is 18.4 Å². The van der Waals surface area contributed by atoms with Crippen LogP contribution in [0.3, 0.4) is 0 Å². The Balaban J connectivity index is 0. The molecule has 4 nitrogen and oxygen atoms in total. The molecule has 0 rings (SSSR count). The van der Waals surface area contributed by atoms with Crippen LogP contribution in [0.2, 0.25) is 0 Å². The van der Waals surface area contributed by atoms with E-state index < -0.39 is 17.2 Å². The number of rotatable bonds is 2. The summed E-state index contributed by atoms with van der Waals surface area (Å²) in [5.74, 6) is -0.447. The molecule has 0 radical (unpaired) electrons. The first kappa shape index (κ1) is 15.2. The van der Waals surface area contributed by atoms with Crippen LogP contribution in [0, 0.1) is 0 Å². The van der Waals surface area contributed by atoms with Crippen molar-refractivity contribution in [3.05, 3.63) is 0 Å². The molecule has 0 heterocycles. The van der Waals surface area contributed by atoms with Crippen LogP contribution < -0.4 is 11.1 Å². The molecule has 0 spiro atoms. The summed E-state index contributed by atoms with van der Waals surface area (Å²) in [6.07, 6.45) is 0. The number of nitrogens with two attached hydrogens (primary N) is 1. The Bertz CT molecular complexity index is 175. The third-order valence-electron chi connectivity index (χ3n) is 1.34. The van der Waals surface area contributed by atoms with Gasteiger partial charge in [0.2, 0.25) is 0 Å². The lowest BCUT2D eigenvalue weighted by Gasteiger charge is -2.27. The minimum atomic E-state index is -1.10. The Labute approximate surface area is 85.6 Å². The van der Waals surface area contributed by atoms with Crippen molar-refractivity contribution in [3.63, 3.8) is 0 Å². The van der Waals surface area contributed by atoms with E-state index in [9.17, 15) is 4.79 Å². The van der Waals surface area contributed by atoms with Gasteiger partial charge >= 0.3 is 5.97 Å². The number of likely N-dealkylation sites (N-methyl/N-ethyl adjacent to an activating group) is 1. The van der Waals surface area contributed by atoms with Gasteiger partial charge in [-0.15, -0.1) is 12.4 Å². The topological polar surface area (TPSA) is 64.3 Å². The smallest absolute Gasteiger partial charge is 0.341 e. The van der Waals surface area contributed by atoms with Crippen LogP contribution in [-0.2, 0) is 9.53 Å². The zero-order valence-electron chi connectivity index (χ0n) is 8.80. The SMILES string of the molecule is CNC(C)(N)C(=O)OC(C)(C)C.Cl. The fourth-order valence-corrected chi connectivity index (χ4v) is 0.486. The molecule has 3 N–H and O–H groups in total. The van der Waals surface area contributed by atoms with Crippen LogP contribution >= 0.6 is 12.4 Å². The lowest BCUT2D eigenvalue weighted by atomic mass is 10.1. The second kappa shape index (κ2) is 4.79. The molecule has 0 amide bonds. The molecule has 13 heavy (non-hydrogen) atoms. The van der Waals surface area contributed by atoms with E-state index in [0.29, 0.717) is 0 Å². The van der Waals surface area contributed by atoms with E-state index in [0.717, 1.165) is 0 Å².